The number of aliphatic imine (C=N–C) groups is 1. The third kappa shape index (κ3) is 5.01. The minimum atomic E-state index is -0.373. The van der Waals surface area contributed by atoms with E-state index in [1.807, 2.05) is 30.5 Å². The van der Waals surface area contributed by atoms with E-state index >= 15 is 0 Å². The Bertz CT molecular complexity index is 746. The molecule has 3 heteroatoms. The van der Waals surface area contributed by atoms with Crippen molar-refractivity contribution in [2.45, 2.75) is 0 Å². The Labute approximate surface area is 151 Å². The molecule has 0 heterocycles. The van der Waals surface area contributed by atoms with Crippen molar-refractivity contribution in [2.24, 2.45) is 4.99 Å². The van der Waals surface area contributed by atoms with Gasteiger partial charge in [0.05, 0.1) is 7.11 Å². The van der Waals surface area contributed by atoms with Gasteiger partial charge in [0.25, 0.3) is 0 Å². The minimum Gasteiger partial charge on any atom is -0.497 e. The van der Waals surface area contributed by atoms with Gasteiger partial charge < -0.3 is 4.74 Å². The second-order valence-corrected chi connectivity index (χ2v) is 7.97. The lowest BCUT2D eigenvalue weighted by atomic mass is 10.2. The van der Waals surface area contributed by atoms with Gasteiger partial charge in [0.1, 0.15) is 5.75 Å². The number of benzene rings is 3. The van der Waals surface area contributed by atoms with Crippen LogP contribution in [0.5, 0.6) is 5.75 Å². The Morgan fingerprint density at radius 2 is 1.36 bits per heavy atom. The van der Waals surface area contributed by atoms with Crippen molar-refractivity contribution in [1.82, 2.24) is 0 Å². The molecular formula is C22H22NOP. The summed E-state index contributed by atoms with van der Waals surface area (Å²) in [6.45, 7) is 0.821. The average Bonchev–Trinajstić information content (AvgIpc) is 2.70. The Morgan fingerprint density at radius 1 is 0.800 bits per heavy atom. The number of ether oxygens (including phenoxy) is 1. The molecule has 0 aromatic heterocycles. The maximum Gasteiger partial charge on any atom is 0.118 e. The summed E-state index contributed by atoms with van der Waals surface area (Å²) in [5, 5.41) is 2.81. The van der Waals surface area contributed by atoms with Crippen LogP contribution in [0.2, 0.25) is 0 Å². The molecule has 0 fully saturated rings. The molecule has 0 aliphatic carbocycles. The SMILES string of the molecule is COc1ccc(C=NCCP(c2ccccc2)c2ccccc2)cc1. The maximum atomic E-state index is 5.18. The topological polar surface area (TPSA) is 21.6 Å². The summed E-state index contributed by atoms with van der Waals surface area (Å²) in [7, 11) is 1.31. The van der Waals surface area contributed by atoms with E-state index in [9.17, 15) is 0 Å². The van der Waals surface area contributed by atoms with E-state index in [1.165, 1.54) is 10.6 Å². The predicted octanol–water partition coefficient (Wildman–Crippen LogP) is 4.25. The molecule has 0 aliphatic rings. The van der Waals surface area contributed by atoms with Crippen LogP contribution in [-0.2, 0) is 0 Å². The van der Waals surface area contributed by atoms with Crippen LogP contribution in [0.15, 0.2) is 89.9 Å². The quantitative estimate of drug-likeness (QED) is 0.463. The molecule has 0 bridgehead atoms. The summed E-state index contributed by atoms with van der Waals surface area (Å²) in [5.74, 6) is 0.869. The van der Waals surface area contributed by atoms with Crippen LogP contribution >= 0.6 is 7.92 Å². The molecule has 0 saturated carbocycles. The van der Waals surface area contributed by atoms with Crippen LogP contribution in [0, 0.1) is 0 Å². The molecule has 2 nitrogen and oxygen atoms in total. The molecular weight excluding hydrogens is 325 g/mol. The lowest BCUT2D eigenvalue weighted by molar-refractivity contribution is 0.415. The molecule has 0 amide bonds. The Hall–Kier alpha value is -2.44. The van der Waals surface area contributed by atoms with Crippen molar-refractivity contribution in [1.29, 1.82) is 0 Å². The predicted molar refractivity (Wildman–Crippen MR) is 109 cm³/mol. The lowest BCUT2D eigenvalue weighted by Gasteiger charge is -2.17. The van der Waals surface area contributed by atoms with Crippen LogP contribution < -0.4 is 15.3 Å². The first-order valence-electron chi connectivity index (χ1n) is 8.38. The van der Waals surface area contributed by atoms with E-state index in [0.717, 1.165) is 24.0 Å². The van der Waals surface area contributed by atoms with E-state index < -0.39 is 0 Å². The molecule has 0 aliphatic heterocycles. The summed E-state index contributed by atoms with van der Waals surface area (Å²) in [6.07, 6.45) is 3.00. The molecule has 25 heavy (non-hydrogen) atoms. The fraction of sp³-hybridized carbons (Fsp3) is 0.136. The third-order valence-electron chi connectivity index (χ3n) is 3.94. The highest BCUT2D eigenvalue weighted by Crippen LogP contribution is 2.32. The van der Waals surface area contributed by atoms with Gasteiger partial charge in [-0.3, -0.25) is 4.99 Å². The van der Waals surface area contributed by atoms with Gasteiger partial charge in [-0.25, -0.2) is 0 Å². The van der Waals surface area contributed by atoms with Gasteiger partial charge in [-0.2, -0.15) is 0 Å². The first-order valence-corrected chi connectivity index (χ1v) is 9.91. The molecule has 3 aromatic rings. The third-order valence-corrected chi connectivity index (χ3v) is 6.43. The monoisotopic (exact) mass is 347 g/mol. The second-order valence-electron chi connectivity index (χ2n) is 5.63. The molecule has 0 saturated heterocycles. The number of nitrogens with zero attached hydrogens (tertiary/aromatic N) is 1. The molecule has 3 aromatic carbocycles. The highest BCUT2D eigenvalue weighted by molar-refractivity contribution is 7.73. The van der Waals surface area contributed by atoms with Gasteiger partial charge in [-0.15, -0.1) is 0 Å². The van der Waals surface area contributed by atoms with Crippen LogP contribution in [0.4, 0.5) is 0 Å². The summed E-state index contributed by atoms with van der Waals surface area (Å²) in [6, 6.07) is 29.5. The van der Waals surface area contributed by atoms with Gasteiger partial charge in [0.2, 0.25) is 0 Å². The van der Waals surface area contributed by atoms with Crippen LogP contribution in [0.1, 0.15) is 5.56 Å². The van der Waals surface area contributed by atoms with Crippen LogP contribution in [-0.4, -0.2) is 26.0 Å². The highest BCUT2D eigenvalue weighted by Gasteiger charge is 2.12. The van der Waals surface area contributed by atoms with Crippen molar-refractivity contribution in [3.05, 3.63) is 90.5 Å². The Kier molecular flexibility index (Phi) is 6.36. The molecule has 0 unspecified atom stereocenters. The van der Waals surface area contributed by atoms with E-state index in [1.54, 1.807) is 7.11 Å². The molecule has 0 radical (unpaired) electrons. The average molecular weight is 347 g/mol. The summed E-state index contributed by atoms with van der Waals surface area (Å²) < 4.78 is 5.18. The molecule has 0 atom stereocenters. The van der Waals surface area contributed by atoms with Gasteiger partial charge in [-0.05, 0) is 54.5 Å². The zero-order chi connectivity index (χ0) is 17.3. The Morgan fingerprint density at radius 3 is 1.88 bits per heavy atom. The summed E-state index contributed by atoms with van der Waals surface area (Å²) in [5.41, 5.74) is 1.10. The number of hydrogen-bond donors (Lipinski definition) is 0. The summed E-state index contributed by atoms with van der Waals surface area (Å²) in [4.78, 5) is 4.64. The van der Waals surface area contributed by atoms with Crippen LogP contribution in [0.25, 0.3) is 0 Å². The maximum absolute atomic E-state index is 5.18. The first-order chi connectivity index (χ1) is 12.4. The van der Waals surface area contributed by atoms with E-state index in [0.29, 0.717) is 0 Å². The molecule has 126 valence electrons. The van der Waals surface area contributed by atoms with Crippen molar-refractivity contribution < 1.29 is 4.74 Å². The van der Waals surface area contributed by atoms with Gasteiger partial charge in [0, 0.05) is 12.8 Å². The van der Waals surface area contributed by atoms with Crippen LogP contribution in [0.3, 0.4) is 0 Å². The smallest absolute Gasteiger partial charge is 0.118 e. The molecule has 0 spiro atoms. The second kappa shape index (κ2) is 9.15. The number of hydrogen-bond acceptors (Lipinski definition) is 2. The number of methoxy groups -OCH3 is 1. The molecule has 0 N–H and O–H groups in total. The molecule has 3 rings (SSSR count). The van der Waals surface area contributed by atoms with Crippen molar-refractivity contribution in [3.63, 3.8) is 0 Å². The van der Waals surface area contributed by atoms with Gasteiger partial charge in [0.15, 0.2) is 0 Å². The number of rotatable bonds is 7. The largest absolute Gasteiger partial charge is 0.497 e. The fourth-order valence-electron chi connectivity index (χ4n) is 2.64. The summed E-state index contributed by atoms with van der Waals surface area (Å²) >= 11 is 0. The van der Waals surface area contributed by atoms with Gasteiger partial charge >= 0.3 is 0 Å². The van der Waals surface area contributed by atoms with Crippen molar-refractivity contribution in [2.75, 3.05) is 19.8 Å². The normalized spacial score (nSPS) is 11.1. The lowest BCUT2D eigenvalue weighted by Crippen LogP contribution is -2.15. The highest BCUT2D eigenvalue weighted by atomic mass is 31.1. The van der Waals surface area contributed by atoms with E-state index in [-0.39, 0.29) is 7.92 Å². The van der Waals surface area contributed by atoms with E-state index in [2.05, 4.69) is 65.7 Å². The van der Waals surface area contributed by atoms with Crippen molar-refractivity contribution in [3.8, 4) is 5.75 Å². The standard InChI is InChI=1S/C22H22NOP/c1-24-20-14-12-19(13-15-20)18-23-16-17-25(21-8-4-2-5-9-21)22-10-6-3-7-11-22/h2-15,18H,16-17H2,1H3. The zero-order valence-electron chi connectivity index (χ0n) is 14.4. The van der Waals surface area contributed by atoms with Crippen molar-refractivity contribution >= 4 is 24.7 Å². The zero-order valence-corrected chi connectivity index (χ0v) is 15.3. The minimum absolute atomic E-state index is 0.373. The first kappa shape index (κ1) is 17.4. The van der Waals surface area contributed by atoms with Gasteiger partial charge in [-0.1, -0.05) is 60.7 Å². The Balaban J connectivity index is 1.67. The van der Waals surface area contributed by atoms with E-state index in [4.69, 9.17) is 4.74 Å². The fourth-order valence-corrected chi connectivity index (χ4v) is 4.83.